The van der Waals surface area contributed by atoms with E-state index in [0.29, 0.717) is 0 Å². The SMILES string of the molecule is COc1cc2c(c(OC)c1)C=C[N]2. The molecule has 0 aromatic heterocycles. The molecule has 0 unspecified atom stereocenters. The summed E-state index contributed by atoms with van der Waals surface area (Å²) in [6.45, 7) is 0. The summed E-state index contributed by atoms with van der Waals surface area (Å²) < 4.78 is 10.3. The Morgan fingerprint density at radius 2 is 2.00 bits per heavy atom. The third-order valence-electron chi connectivity index (χ3n) is 2.00. The van der Waals surface area contributed by atoms with E-state index in [1.165, 1.54) is 0 Å². The summed E-state index contributed by atoms with van der Waals surface area (Å²) in [4.78, 5) is 0. The van der Waals surface area contributed by atoms with Gasteiger partial charge < -0.3 is 9.47 Å². The van der Waals surface area contributed by atoms with Gasteiger partial charge in [0.2, 0.25) is 0 Å². The van der Waals surface area contributed by atoms with Crippen molar-refractivity contribution in [2.45, 2.75) is 0 Å². The van der Waals surface area contributed by atoms with Crippen LogP contribution >= 0.6 is 0 Å². The number of hydrogen-bond donors (Lipinski definition) is 0. The van der Waals surface area contributed by atoms with E-state index in [1.54, 1.807) is 20.4 Å². The molecule has 67 valence electrons. The van der Waals surface area contributed by atoms with E-state index in [1.807, 2.05) is 18.2 Å². The topological polar surface area (TPSA) is 32.6 Å². The lowest BCUT2D eigenvalue weighted by atomic mass is 10.1. The van der Waals surface area contributed by atoms with Crippen molar-refractivity contribution in [3.05, 3.63) is 23.9 Å². The Morgan fingerprint density at radius 1 is 1.15 bits per heavy atom. The van der Waals surface area contributed by atoms with Crippen LogP contribution in [0.5, 0.6) is 11.5 Å². The molecule has 1 radical (unpaired) electrons. The van der Waals surface area contributed by atoms with Crippen LogP contribution in [0, 0.1) is 0 Å². The quantitative estimate of drug-likeness (QED) is 0.689. The van der Waals surface area contributed by atoms with Crippen LogP contribution in [0.25, 0.3) is 6.08 Å². The second kappa shape index (κ2) is 3.01. The smallest absolute Gasteiger partial charge is 0.132 e. The van der Waals surface area contributed by atoms with Crippen molar-refractivity contribution in [2.24, 2.45) is 0 Å². The van der Waals surface area contributed by atoms with Crippen LogP contribution in [0.4, 0.5) is 5.69 Å². The maximum atomic E-state index is 5.21. The molecule has 1 aromatic carbocycles. The van der Waals surface area contributed by atoms with Crippen molar-refractivity contribution in [3.63, 3.8) is 0 Å². The van der Waals surface area contributed by atoms with Crippen LogP contribution in [0.1, 0.15) is 5.56 Å². The Labute approximate surface area is 77.0 Å². The standard InChI is InChI=1S/C10H10NO2/c1-12-7-5-9-8(3-4-11-9)10(6-7)13-2/h3-6H,1-2H3. The van der Waals surface area contributed by atoms with E-state index in [9.17, 15) is 0 Å². The van der Waals surface area contributed by atoms with Crippen molar-refractivity contribution in [2.75, 3.05) is 14.2 Å². The molecule has 0 N–H and O–H groups in total. The third kappa shape index (κ3) is 1.22. The molecule has 1 aliphatic heterocycles. The number of benzene rings is 1. The number of rotatable bonds is 2. The van der Waals surface area contributed by atoms with E-state index in [2.05, 4.69) is 5.32 Å². The summed E-state index contributed by atoms with van der Waals surface area (Å²) >= 11 is 0. The molecule has 0 fully saturated rings. The molecule has 0 bridgehead atoms. The first kappa shape index (κ1) is 7.98. The Kier molecular flexibility index (Phi) is 1.85. The molecule has 0 saturated heterocycles. The van der Waals surface area contributed by atoms with Crippen LogP contribution < -0.4 is 14.8 Å². The molecule has 0 saturated carbocycles. The van der Waals surface area contributed by atoms with E-state index < -0.39 is 0 Å². The van der Waals surface area contributed by atoms with Crippen LogP contribution in [-0.2, 0) is 0 Å². The van der Waals surface area contributed by atoms with Gasteiger partial charge >= 0.3 is 0 Å². The molecule has 0 aliphatic carbocycles. The average molecular weight is 176 g/mol. The molecule has 2 rings (SSSR count). The lowest BCUT2D eigenvalue weighted by Gasteiger charge is -2.08. The number of nitrogens with zero attached hydrogens (tertiary/aromatic N) is 1. The molecule has 13 heavy (non-hydrogen) atoms. The molecule has 3 nitrogen and oxygen atoms in total. The third-order valence-corrected chi connectivity index (χ3v) is 2.00. The average Bonchev–Trinajstić information content (AvgIpc) is 2.63. The zero-order valence-electron chi connectivity index (χ0n) is 7.57. The van der Waals surface area contributed by atoms with Crippen molar-refractivity contribution >= 4 is 11.8 Å². The Balaban J connectivity index is 2.53. The molecular weight excluding hydrogens is 166 g/mol. The van der Waals surface area contributed by atoms with Crippen molar-refractivity contribution in [1.82, 2.24) is 5.32 Å². The van der Waals surface area contributed by atoms with Crippen molar-refractivity contribution in [1.29, 1.82) is 0 Å². The van der Waals surface area contributed by atoms with Gasteiger partial charge in [0, 0.05) is 23.9 Å². The first-order valence-corrected chi connectivity index (χ1v) is 3.98. The lowest BCUT2D eigenvalue weighted by molar-refractivity contribution is 0.394. The largest absolute Gasteiger partial charge is 0.497 e. The fraction of sp³-hybridized carbons (Fsp3) is 0.200. The fourth-order valence-electron chi connectivity index (χ4n) is 1.34. The van der Waals surface area contributed by atoms with Gasteiger partial charge in [-0.1, -0.05) is 0 Å². The first-order valence-electron chi connectivity index (χ1n) is 3.98. The highest BCUT2D eigenvalue weighted by molar-refractivity contribution is 5.75. The Morgan fingerprint density at radius 3 is 2.69 bits per heavy atom. The van der Waals surface area contributed by atoms with Gasteiger partial charge in [-0.2, -0.15) is 0 Å². The van der Waals surface area contributed by atoms with Crippen LogP contribution in [-0.4, -0.2) is 14.2 Å². The van der Waals surface area contributed by atoms with E-state index >= 15 is 0 Å². The Hall–Kier alpha value is -1.64. The van der Waals surface area contributed by atoms with Crippen molar-refractivity contribution < 1.29 is 9.47 Å². The highest BCUT2D eigenvalue weighted by Gasteiger charge is 2.13. The van der Waals surface area contributed by atoms with Gasteiger partial charge in [0.1, 0.15) is 11.5 Å². The zero-order chi connectivity index (χ0) is 9.26. The summed E-state index contributed by atoms with van der Waals surface area (Å²) in [7, 11) is 3.27. The van der Waals surface area contributed by atoms with Gasteiger partial charge in [-0.25, -0.2) is 0 Å². The van der Waals surface area contributed by atoms with Gasteiger partial charge in [0.15, 0.2) is 0 Å². The summed E-state index contributed by atoms with van der Waals surface area (Å²) in [6.07, 6.45) is 3.68. The lowest BCUT2D eigenvalue weighted by Crippen LogP contribution is -1.91. The predicted octanol–water partition coefficient (Wildman–Crippen LogP) is 1.92. The van der Waals surface area contributed by atoms with Gasteiger partial charge in [0.25, 0.3) is 0 Å². The number of ether oxygens (including phenoxy) is 2. The fourth-order valence-corrected chi connectivity index (χ4v) is 1.34. The second-order valence-electron chi connectivity index (χ2n) is 2.71. The molecular formula is C10H10NO2. The summed E-state index contributed by atoms with van der Waals surface area (Å²) in [6, 6.07) is 3.74. The maximum Gasteiger partial charge on any atom is 0.132 e. The molecule has 1 heterocycles. The highest BCUT2D eigenvalue weighted by atomic mass is 16.5. The van der Waals surface area contributed by atoms with E-state index in [-0.39, 0.29) is 0 Å². The second-order valence-corrected chi connectivity index (χ2v) is 2.71. The monoisotopic (exact) mass is 176 g/mol. The molecule has 0 amide bonds. The Bertz CT molecular complexity index is 358. The molecule has 1 aromatic rings. The minimum absolute atomic E-state index is 0.767. The van der Waals surface area contributed by atoms with Crippen molar-refractivity contribution in [3.8, 4) is 11.5 Å². The van der Waals surface area contributed by atoms with E-state index in [0.717, 1.165) is 22.7 Å². The minimum Gasteiger partial charge on any atom is -0.497 e. The minimum atomic E-state index is 0.767. The first-order chi connectivity index (χ1) is 6.35. The van der Waals surface area contributed by atoms with E-state index in [4.69, 9.17) is 9.47 Å². The maximum absolute atomic E-state index is 5.21. The zero-order valence-corrected chi connectivity index (χ0v) is 7.57. The van der Waals surface area contributed by atoms with Gasteiger partial charge in [-0.05, 0) is 6.08 Å². The number of hydrogen-bond acceptors (Lipinski definition) is 2. The van der Waals surface area contributed by atoms with Crippen LogP contribution in [0.2, 0.25) is 0 Å². The summed E-state index contributed by atoms with van der Waals surface area (Å²) in [5.41, 5.74) is 1.92. The normalized spacial score (nSPS) is 12.2. The summed E-state index contributed by atoms with van der Waals surface area (Å²) in [5, 5.41) is 4.18. The predicted molar refractivity (Wildman–Crippen MR) is 50.4 cm³/mol. The van der Waals surface area contributed by atoms with Gasteiger partial charge in [-0.15, -0.1) is 0 Å². The number of methoxy groups -OCH3 is 2. The highest BCUT2D eigenvalue weighted by Crippen LogP contribution is 2.36. The molecule has 3 heteroatoms. The van der Waals surface area contributed by atoms with Gasteiger partial charge in [0.05, 0.1) is 19.9 Å². The summed E-state index contributed by atoms with van der Waals surface area (Å²) in [5.74, 6) is 1.56. The molecule has 0 spiro atoms. The number of fused-ring (bicyclic) bond motifs is 1. The van der Waals surface area contributed by atoms with Gasteiger partial charge in [-0.3, -0.25) is 5.32 Å². The van der Waals surface area contributed by atoms with Crippen LogP contribution in [0.15, 0.2) is 18.3 Å². The van der Waals surface area contributed by atoms with Crippen LogP contribution in [0.3, 0.4) is 0 Å². The molecule has 0 atom stereocenters. The molecule has 1 aliphatic rings.